The fourth-order valence-electron chi connectivity index (χ4n) is 2.21. The van der Waals surface area contributed by atoms with Gasteiger partial charge in [-0.15, -0.1) is 6.58 Å². The molecular weight excluding hydrogens is 394 g/mol. The summed E-state index contributed by atoms with van der Waals surface area (Å²) in [5.41, 5.74) is 0.877. The molecule has 150 valence electrons. The maximum atomic E-state index is 12.2. The Morgan fingerprint density at radius 1 is 1.24 bits per heavy atom. The highest BCUT2D eigenvalue weighted by molar-refractivity contribution is 7.89. The minimum absolute atomic E-state index is 0.0148. The van der Waals surface area contributed by atoms with Crippen LogP contribution in [-0.4, -0.2) is 32.9 Å². The first-order chi connectivity index (χ1) is 13.8. The Labute approximate surface area is 168 Å². The van der Waals surface area contributed by atoms with Crippen molar-refractivity contribution in [3.8, 4) is 6.07 Å². The van der Waals surface area contributed by atoms with Crippen LogP contribution in [0.5, 0.6) is 0 Å². The van der Waals surface area contributed by atoms with Crippen molar-refractivity contribution in [1.29, 1.82) is 5.26 Å². The van der Waals surface area contributed by atoms with Crippen molar-refractivity contribution in [2.45, 2.75) is 17.9 Å². The number of nitriles is 1. The summed E-state index contributed by atoms with van der Waals surface area (Å²) in [5, 5.41) is 11.4. The summed E-state index contributed by atoms with van der Waals surface area (Å²) in [7, 11) is -3.70. The Hall–Kier alpha value is -3.48. The van der Waals surface area contributed by atoms with Crippen LogP contribution in [0.3, 0.4) is 0 Å². The highest BCUT2D eigenvalue weighted by atomic mass is 32.2. The topological polar surface area (TPSA) is 125 Å². The number of sulfonamides is 1. The summed E-state index contributed by atoms with van der Waals surface area (Å²) in [5.74, 6) is -1.34. The van der Waals surface area contributed by atoms with E-state index in [-0.39, 0.29) is 17.0 Å². The highest BCUT2D eigenvalue weighted by Gasteiger charge is 2.20. The molecule has 0 saturated carbocycles. The van der Waals surface area contributed by atoms with Crippen molar-refractivity contribution < 1.29 is 22.7 Å². The highest BCUT2D eigenvalue weighted by Crippen LogP contribution is 2.14. The summed E-state index contributed by atoms with van der Waals surface area (Å²) in [4.78, 5) is 24.4. The largest absolute Gasteiger partial charge is 0.449 e. The Balaban J connectivity index is 2.00. The molecule has 9 heteroatoms. The van der Waals surface area contributed by atoms with Gasteiger partial charge in [0.15, 0.2) is 6.10 Å². The van der Waals surface area contributed by atoms with Crippen LogP contribution in [0.15, 0.2) is 66.1 Å². The third-order valence-corrected chi connectivity index (χ3v) is 5.17. The smallest absolute Gasteiger partial charge is 0.338 e. The van der Waals surface area contributed by atoms with Crippen molar-refractivity contribution in [1.82, 2.24) is 4.72 Å². The molecule has 0 unspecified atom stereocenters. The van der Waals surface area contributed by atoms with Crippen LogP contribution in [0, 0.1) is 11.3 Å². The first-order valence-corrected chi connectivity index (χ1v) is 9.98. The van der Waals surface area contributed by atoms with Gasteiger partial charge in [0.1, 0.15) is 0 Å². The molecule has 1 atom stereocenters. The molecule has 0 heterocycles. The van der Waals surface area contributed by atoms with Crippen molar-refractivity contribution >= 4 is 27.6 Å². The second kappa shape index (κ2) is 9.64. The standard InChI is InChI=1S/C20H19N3O5S/c1-3-11-22-29(26,27)18-9-7-16(8-10-18)20(25)28-14(2)19(24)23-17-6-4-5-15(12-17)13-21/h3-10,12,14,22H,1,11H2,2H3,(H,23,24)/t14-/m1/s1. The Bertz CT molecular complexity index is 1060. The molecule has 2 rings (SSSR count). The van der Waals surface area contributed by atoms with Crippen LogP contribution in [0.4, 0.5) is 5.69 Å². The zero-order chi connectivity index (χ0) is 21.4. The predicted molar refractivity (Wildman–Crippen MR) is 106 cm³/mol. The van der Waals surface area contributed by atoms with Gasteiger partial charge in [-0.3, -0.25) is 4.79 Å². The van der Waals surface area contributed by atoms with Gasteiger partial charge in [-0.05, 0) is 49.4 Å². The maximum absolute atomic E-state index is 12.2. The van der Waals surface area contributed by atoms with E-state index < -0.39 is 28.0 Å². The summed E-state index contributed by atoms with van der Waals surface area (Å²) in [6.45, 7) is 4.92. The molecule has 2 N–H and O–H groups in total. The Morgan fingerprint density at radius 3 is 2.55 bits per heavy atom. The van der Waals surface area contributed by atoms with E-state index in [1.54, 1.807) is 18.2 Å². The van der Waals surface area contributed by atoms with E-state index in [0.29, 0.717) is 11.3 Å². The normalized spacial score (nSPS) is 11.7. The zero-order valence-corrected chi connectivity index (χ0v) is 16.4. The number of nitrogens with one attached hydrogen (secondary N) is 2. The first-order valence-electron chi connectivity index (χ1n) is 8.49. The van der Waals surface area contributed by atoms with Crippen LogP contribution in [0.1, 0.15) is 22.8 Å². The van der Waals surface area contributed by atoms with Crippen molar-refractivity contribution in [2.75, 3.05) is 11.9 Å². The molecule has 0 aromatic heterocycles. The molecule has 0 saturated heterocycles. The summed E-state index contributed by atoms with van der Waals surface area (Å²) in [6, 6.07) is 13.4. The molecule has 0 aliphatic heterocycles. The van der Waals surface area contributed by atoms with Crippen LogP contribution in [-0.2, 0) is 19.6 Å². The van der Waals surface area contributed by atoms with E-state index in [1.165, 1.54) is 43.3 Å². The first kappa shape index (κ1) is 21.8. The van der Waals surface area contributed by atoms with E-state index in [4.69, 9.17) is 10.00 Å². The van der Waals surface area contributed by atoms with Gasteiger partial charge in [-0.2, -0.15) is 5.26 Å². The summed E-state index contributed by atoms with van der Waals surface area (Å²) < 4.78 is 31.5. The van der Waals surface area contributed by atoms with Crippen LogP contribution in [0.2, 0.25) is 0 Å². The molecule has 2 aromatic carbocycles. The summed E-state index contributed by atoms with van der Waals surface area (Å²) in [6.07, 6.45) is 0.303. The molecule has 0 radical (unpaired) electrons. The van der Waals surface area contributed by atoms with Gasteiger partial charge in [0.2, 0.25) is 10.0 Å². The molecule has 0 spiro atoms. The number of carbonyl (C=O) groups excluding carboxylic acids is 2. The average Bonchev–Trinajstić information content (AvgIpc) is 2.72. The number of nitrogens with zero attached hydrogens (tertiary/aromatic N) is 1. The van der Waals surface area contributed by atoms with Gasteiger partial charge < -0.3 is 10.1 Å². The van der Waals surface area contributed by atoms with E-state index in [0.717, 1.165) is 0 Å². The fraction of sp³-hybridized carbons (Fsp3) is 0.150. The second-order valence-electron chi connectivity index (χ2n) is 5.89. The number of esters is 1. The summed E-state index contributed by atoms with van der Waals surface area (Å²) >= 11 is 0. The zero-order valence-electron chi connectivity index (χ0n) is 15.6. The van der Waals surface area contributed by atoms with Gasteiger partial charge in [-0.25, -0.2) is 17.9 Å². The number of hydrogen-bond acceptors (Lipinski definition) is 6. The molecule has 0 fully saturated rings. The molecule has 8 nitrogen and oxygen atoms in total. The SMILES string of the molecule is C=CCNS(=O)(=O)c1ccc(C(=O)O[C@H](C)C(=O)Nc2cccc(C#N)c2)cc1. The lowest BCUT2D eigenvalue weighted by atomic mass is 10.2. The Kier molecular flexibility index (Phi) is 7.25. The third-order valence-electron chi connectivity index (χ3n) is 3.73. The van der Waals surface area contributed by atoms with Gasteiger partial charge >= 0.3 is 5.97 Å². The van der Waals surface area contributed by atoms with E-state index in [1.807, 2.05) is 6.07 Å². The van der Waals surface area contributed by atoms with Crippen molar-refractivity contribution in [2.24, 2.45) is 0 Å². The van der Waals surface area contributed by atoms with E-state index >= 15 is 0 Å². The predicted octanol–water partition coefficient (Wildman–Crippen LogP) is 2.21. The number of ether oxygens (including phenoxy) is 1. The lowest BCUT2D eigenvalue weighted by molar-refractivity contribution is -0.123. The van der Waals surface area contributed by atoms with Gasteiger partial charge in [0.25, 0.3) is 5.91 Å². The number of anilines is 1. The van der Waals surface area contributed by atoms with E-state index in [9.17, 15) is 18.0 Å². The third kappa shape index (κ3) is 6.00. The quantitative estimate of drug-likeness (QED) is 0.505. The lowest BCUT2D eigenvalue weighted by Crippen LogP contribution is -2.30. The van der Waals surface area contributed by atoms with Gasteiger partial charge in [-0.1, -0.05) is 12.1 Å². The van der Waals surface area contributed by atoms with Crippen LogP contribution in [0.25, 0.3) is 0 Å². The van der Waals surface area contributed by atoms with E-state index in [2.05, 4.69) is 16.6 Å². The lowest BCUT2D eigenvalue weighted by Gasteiger charge is -2.14. The molecule has 0 bridgehead atoms. The number of rotatable bonds is 8. The minimum Gasteiger partial charge on any atom is -0.449 e. The second-order valence-corrected chi connectivity index (χ2v) is 7.66. The number of amides is 1. The maximum Gasteiger partial charge on any atom is 0.338 e. The monoisotopic (exact) mass is 413 g/mol. The molecule has 29 heavy (non-hydrogen) atoms. The molecule has 2 aromatic rings. The fourth-order valence-corrected chi connectivity index (χ4v) is 3.21. The number of carbonyl (C=O) groups is 2. The average molecular weight is 413 g/mol. The van der Waals surface area contributed by atoms with Crippen LogP contribution >= 0.6 is 0 Å². The number of benzene rings is 2. The Morgan fingerprint density at radius 2 is 1.93 bits per heavy atom. The van der Waals surface area contributed by atoms with Crippen molar-refractivity contribution in [3.05, 3.63) is 72.3 Å². The number of hydrogen-bond donors (Lipinski definition) is 2. The van der Waals surface area contributed by atoms with Crippen LogP contribution < -0.4 is 10.0 Å². The molecule has 1 amide bonds. The molecular formula is C20H19N3O5S. The van der Waals surface area contributed by atoms with Gasteiger partial charge in [0.05, 0.1) is 22.1 Å². The van der Waals surface area contributed by atoms with Gasteiger partial charge in [0, 0.05) is 12.2 Å². The molecule has 0 aliphatic carbocycles. The minimum atomic E-state index is -3.70. The molecule has 0 aliphatic rings. The van der Waals surface area contributed by atoms with Crippen molar-refractivity contribution in [3.63, 3.8) is 0 Å².